The quantitative estimate of drug-likeness (QED) is 0.612. The molecule has 76 valence electrons. The van der Waals surface area contributed by atoms with E-state index in [1.54, 1.807) is 18.9 Å². The van der Waals surface area contributed by atoms with Crippen LogP contribution in [0.3, 0.4) is 0 Å². The lowest BCUT2D eigenvalue weighted by atomic mass is 10.2. The summed E-state index contributed by atoms with van der Waals surface area (Å²) in [6, 6.07) is 0.368. The minimum atomic E-state index is 0.106. The van der Waals surface area contributed by atoms with Crippen LogP contribution in [0.1, 0.15) is 20.3 Å². The van der Waals surface area contributed by atoms with Crippen molar-refractivity contribution in [3.63, 3.8) is 0 Å². The summed E-state index contributed by atoms with van der Waals surface area (Å²) in [5.74, 6) is 0.106. The van der Waals surface area contributed by atoms with Crippen molar-refractivity contribution < 1.29 is 4.79 Å². The van der Waals surface area contributed by atoms with Crippen LogP contribution >= 0.6 is 0 Å². The molecule has 0 rings (SSSR count). The summed E-state index contributed by atoms with van der Waals surface area (Å²) in [6.45, 7) is 8.37. The van der Waals surface area contributed by atoms with Gasteiger partial charge in [0.15, 0.2) is 0 Å². The van der Waals surface area contributed by atoms with Crippen molar-refractivity contribution in [3.05, 3.63) is 0 Å². The summed E-state index contributed by atoms with van der Waals surface area (Å²) < 4.78 is 0. The maximum Gasteiger partial charge on any atom is 0.219 e. The third-order valence-corrected chi connectivity index (χ3v) is 1.99. The number of nitrogens with one attached hydrogen (secondary N) is 1. The average molecular weight is 185 g/mol. The van der Waals surface area contributed by atoms with Crippen LogP contribution in [0.4, 0.5) is 0 Å². The van der Waals surface area contributed by atoms with E-state index in [4.69, 9.17) is 0 Å². The molecule has 0 aliphatic rings. The Bertz CT molecular complexity index is 170. The highest BCUT2D eigenvalue weighted by molar-refractivity contribution is 5.72. The first-order valence-electron chi connectivity index (χ1n) is 4.45. The van der Waals surface area contributed by atoms with Gasteiger partial charge in [-0.3, -0.25) is 15.1 Å². The largest absolute Gasteiger partial charge is 0.346 e. The minimum absolute atomic E-state index is 0.106. The zero-order chi connectivity index (χ0) is 10.3. The Morgan fingerprint density at radius 3 is 2.77 bits per heavy atom. The van der Waals surface area contributed by atoms with Crippen LogP contribution in [-0.4, -0.2) is 43.8 Å². The smallest absolute Gasteiger partial charge is 0.219 e. The number of nitrogens with zero attached hydrogens (tertiary/aromatic N) is 2. The zero-order valence-corrected chi connectivity index (χ0v) is 8.71. The van der Waals surface area contributed by atoms with Crippen molar-refractivity contribution in [2.24, 2.45) is 4.99 Å². The van der Waals surface area contributed by atoms with Crippen LogP contribution in [0.25, 0.3) is 0 Å². The molecule has 0 bridgehead atoms. The third kappa shape index (κ3) is 6.28. The van der Waals surface area contributed by atoms with Crippen LogP contribution < -0.4 is 5.32 Å². The van der Waals surface area contributed by atoms with Gasteiger partial charge in [0.2, 0.25) is 5.91 Å². The molecule has 0 radical (unpaired) electrons. The number of amides is 1. The van der Waals surface area contributed by atoms with Crippen LogP contribution in [0, 0.1) is 0 Å². The molecule has 0 saturated heterocycles. The molecule has 4 heteroatoms. The van der Waals surface area contributed by atoms with Gasteiger partial charge in [0.25, 0.3) is 0 Å². The SMILES string of the molecule is C=NCNC(C)CCN(C)C(C)=O. The predicted molar refractivity (Wildman–Crippen MR) is 54.9 cm³/mol. The summed E-state index contributed by atoms with van der Waals surface area (Å²) in [4.78, 5) is 16.3. The Balaban J connectivity index is 3.50. The minimum Gasteiger partial charge on any atom is -0.346 e. The van der Waals surface area contributed by atoms with E-state index in [-0.39, 0.29) is 5.91 Å². The maximum absolute atomic E-state index is 10.8. The highest BCUT2D eigenvalue weighted by atomic mass is 16.2. The van der Waals surface area contributed by atoms with Crippen LogP contribution in [-0.2, 0) is 4.79 Å². The van der Waals surface area contributed by atoms with Gasteiger partial charge in [0.1, 0.15) is 0 Å². The molecule has 13 heavy (non-hydrogen) atoms. The fourth-order valence-electron chi connectivity index (χ4n) is 0.867. The van der Waals surface area contributed by atoms with Gasteiger partial charge in [-0.1, -0.05) is 0 Å². The summed E-state index contributed by atoms with van der Waals surface area (Å²) in [7, 11) is 1.81. The molecule has 1 amide bonds. The normalized spacial score (nSPS) is 12.2. The van der Waals surface area contributed by atoms with Crippen molar-refractivity contribution >= 4 is 12.6 Å². The number of carbonyl (C=O) groups excluding carboxylic acids is 1. The van der Waals surface area contributed by atoms with E-state index in [2.05, 4.69) is 24.0 Å². The van der Waals surface area contributed by atoms with Crippen molar-refractivity contribution in [2.45, 2.75) is 26.3 Å². The average Bonchev–Trinajstić information content (AvgIpc) is 2.10. The molecule has 0 aliphatic carbocycles. The number of hydrogen-bond acceptors (Lipinski definition) is 3. The maximum atomic E-state index is 10.8. The Morgan fingerprint density at radius 1 is 1.69 bits per heavy atom. The van der Waals surface area contributed by atoms with Crippen molar-refractivity contribution in [1.29, 1.82) is 0 Å². The lowest BCUT2D eigenvalue weighted by molar-refractivity contribution is -0.127. The number of aliphatic imine (C=N–C) groups is 1. The molecule has 1 atom stereocenters. The van der Waals surface area contributed by atoms with E-state index >= 15 is 0 Å². The monoisotopic (exact) mass is 185 g/mol. The van der Waals surface area contributed by atoms with Crippen molar-refractivity contribution in [2.75, 3.05) is 20.3 Å². The van der Waals surface area contributed by atoms with E-state index in [9.17, 15) is 4.79 Å². The fourth-order valence-corrected chi connectivity index (χ4v) is 0.867. The van der Waals surface area contributed by atoms with E-state index < -0.39 is 0 Å². The Morgan fingerprint density at radius 2 is 2.31 bits per heavy atom. The molecule has 0 aliphatic heterocycles. The highest BCUT2D eigenvalue weighted by Crippen LogP contribution is 1.93. The van der Waals surface area contributed by atoms with Crippen molar-refractivity contribution in [3.8, 4) is 0 Å². The molecule has 0 aromatic carbocycles. The first kappa shape index (κ1) is 12.1. The number of rotatable bonds is 6. The summed E-state index contributed by atoms with van der Waals surface area (Å²) in [5, 5.41) is 3.16. The van der Waals surface area contributed by atoms with Crippen LogP contribution in [0.15, 0.2) is 4.99 Å². The van der Waals surface area contributed by atoms with Gasteiger partial charge in [-0.15, -0.1) is 0 Å². The number of carbonyl (C=O) groups is 1. The molecule has 1 unspecified atom stereocenters. The Labute approximate surface area is 80.0 Å². The second-order valence-electron chi connectivity index (χ2n) is 3.22. The van der Waals surface area contributed by atoms with Gasteiger partial charge in [0.05, 0.1) is 6.67 Å². The van der Waals surface area contributed by atoms with Gasteiger partial charge in [-0.25, -0.2) is 0 Å². The summed E-state index contributed by atoms with van der Waals surface area (Å²) in [5.41, 5.74) is 0. The zero-order valence-electron chi connectivity index (χ0n) is 8.71. The number of hydrogen-bond donors (Lipinski definition) is 1. The Kier molecular flexibility index (Phi) is 6.14. The van der Waals surface area contributed by atoms with Gasteiger partial charge >= 0.3 is 0 Å². The van der Waals surface area contributed by atoms with Crippen LogP contribution in [0.2, 0.25) is 0 Å². The van der Waals surface area contributed by atoms with Gasteiger partial charge in [0, 0.05) is 26.6 Å². The van der Waals surface area contributed by atoms with E-state index in [0.29, 0.717) is 12.7 Å². The molecule has 0 saturated carbocycles. The molecular weight excluding hydrogens is 166 g/mol. The summed E-state index contributed by atoms with van der Waals surface area (Å²) in [6.07, 6.45) is 0.936. The second kappa shape index (κ2) is 6.60. The molecule has 4 nitrogen and oxygen atoms in total. The van der Waals surface area contributed by atoms with Gasteiger partial charge in [-0.05, 0) is 20.1 Å². The first-order chi connectivity index (χ1) is 6.07. The van der Waals surface area contributed by atoms with Gasteiger partial charge in [-0.2, -0.15) is 0 Å². The lowest BCUT2D eigenvalue weighted by Crippen LogP contribution is -2.32. The molecule has 0 aromatic rings. The molecule has 0 aromatic heterocycles. The fraction of sp³-hybridized carbons (Fsp3) is 0.778. The molecule has 0 heterocycles. The standard InChI is InChI=1S/C9H19N3O/c1-8(11-7-10-3)5-6-12(4)9(2)13/h8,11H,3,5-7H2,1-2,4H3. The van der Waals surface area contributed by atoms with Crippen molar-refractivity contribution in [1.82, 2.24) is 10.2 Å². The second-order valence-corrected chi connectivity index (χ2v) is 3.22. The first-order valence-corrected chi connectivity index (χ1v) is 4.45. The predicted octanol–water partition coefficient (Wildman–Crippen LogP) is 0.491. The van der Waals surface area contributed by atoms with Crippen LogP contribution in [0.5, 0.6) is 0 Å². The topological polar surface area (TPSA) is 44.7 Å². The van der Waals surface area contributed by atoms with Gasteiger partial charge < -0.3 is 4.90 Å². The third-order valence-electron chi connectivity index (χ3n) is 1.99. The lowest BCUT2D eigenvalue weighted by Gasteiger charge is -2.18. The Hall–Kier alpha value is -0.900. The molecule has 1 N–H and O–H groups in total. The van der Waals surface area contributed by atoms with E-state index in [1.807, 2.05) is 0 Å². The summed E-state index contributed by atoms with van der Waals surface area (Å²) >= 11 is 0. The molecule has 0 spiro atoms. The van der Waals surface area contributed by atoms with E-state index in [0.717, 1.165) is 13.0 Å². The molecular formula is C9H19N3O. The molecule has 0 fully saturated rings. The highest BCUT2D eigenvalue weighted by Gasteiger charge is 2.04. The van der Waals surface area contributed by atoms with E-state index in [1.165, 1.54) is 0 Å².